The first-order valence-corrected chi connectivity index (χ1v) is 9.29. The summed E-state index contributed by atoms with van der Waals surface area (Å²) in [7, 11) is 0. The van der Waals surface area contributed by atoms with Crippen molar-refractivity contribution in [2.75, 3.05) is 26.2 Å². The largest absolute Gasteiger partial charge is 0.477 e. The van der Waals surface area contributed by atoms with Crippen molar-refractivity contribution in [2.45, 2.75) is 19.9 Å². The molecule has 1 aromatic carbocycles. The van der Waals surface area contributed by atoms with Gasteiger partial charge < -0.3 is 10.1 Å². The molecule has 3 aromatic rings. The molecular weight excluding hydrogens is 342 g/mol. The summed E-state index contributed by atoms with van der Waals surface area (Å²) in [6.45, 7) is 5.81. The number of aromatic nitrogens is 3. The lowest BCUT2D eigenvalue weighted by atomic mass is 10.00. The Balaban J connectivity index is 1.32. The van der Waals surface area contributed by atoms with Gasteiger partial charge in [0, 0.05) is 32.2 Å². The van der Waals surface area contributed by atoms with E-state index in [1.807, 2.05) is 6.92 Å². The molecule has 4 rings (SSSR count). The number of fused-ring (bicyclic) bond motifs is 2. The van der Waals surface area contributed by atoms with E-state index in [0.717, 1.165) is 26.1 Å². The predicted octanol–water partition coefficient (Wildman–Crippen LogP) is 1.92. The number of ether oxygens (including phenoxy) is 1. The first-order valence-electron chi connectivity index (χ1n) is 9.29. The number of carbonyl (C=O) groups is 1. The highest BCUT2D eigenvalue weighted by atomic mass is 16.5. The molecule has 7 heteroatoms. The zero-order valence-corrected chi connectivity index (χ0v) is 15.4. The maximum absolute atomic E-state index is 12.4. The van der Waals surface area contributed by atoms with Gasteiger partial charge in [-0.25, -0.2) is 9.50 Å². The third kappa shape index (κ3) is 3.93. The van der Waals surface area contributed by atoms with Crippen molar-refractivity contribution in [2.24, 2.45) is 0 Å². The van der Waals surface area contributed by atoms with Crippen LogP contribution in [-0.4, -0.2) is 51.6 Å². The number of hydrogen-bond acceptors (Lipinski definition) is 5. The van der Waals surface area contributed by atoms with Crippen molar-refractivity contribution in [3.05, 3.63) is 59.4 Å². The maximum atomic E-state index is 12.4. The van der Waals surface area contributed by atoms with Crippen LogP contribution >= 0.6 is 0 Å². The number of rotatable bonds is 6. The second kappa shape index (κ2) is 7.75. The summed E-state index contributed by atoms with van der Waals surface area (Å²) >= 11 is 0. The average molecular weight is 365 g/mol. The van der Waals surface area contributed by atoms with Crippen LogP contribution in [0.2, 0.25) is 0 Å². The Bertz CT molecular complexity index is 952. The van der Waals surface area contributed by atoms with E-state index in [0.29, 0.717) is 30.4 Å². The Morgan fingerprint density at radius 1 is 1.22 bits per heavy atom. The summed E-state index contributed by atoms with van der Waals surface area (Å²) in [4.78, 5) is 19.1. The highest BCUT2D eigenvalue weighted by molar-refractivity contribution is 5.92. The number of nitrogens with one attached hydrogen (secondary N) is 1. The van der Waals surface area contributed by atoms with Crippen LogP contribution in [0.25, 0.3) is 5.65 Å². The summed E-state index contributed by atoms with van der Waals surface area (Å²) in [5.41, 5.74) is 3.80. The molecule has 1 aliphatic rings. The van der Waals surface area contributed by atoms with E-state index in [1.54, 1.807) is 22.8 Å². The molecule has 0 spiro atoms. The number of amides is 1. The second-order valence-corrected chi connectivity index (χ2v) is 6.58. The van der Waals surface area contributed by atoms with E-state index >= 15 is 0 Å². The van der Waals surface area contributed by atoms with Crippen LogP contribution in [0, 0.1) is 0 Å². The molecular formula is C20H23N5O2. The molecule has 1 amide bonds. The lowest BCUT2D eigenvalue weighted by molar-refractivity contribution is 0.0943. The van der Waals surface area contributed by atoms with Crippen molar-refractivity contribution in [1.29, 1.82) is 0 Å². The molecule has 0 atom stereocenters. The van der Waals surface area contributed by atoms with Crippen molar-refractivity contribution in [1.82, 2.24) is 24.8 Å². The standard InChI is InChI=1S/C20H23N5O2/c1-2-27-19-8-7-18-22-17(14-25(18)23-19)20(26)21-10-12-24-11-9-15-5-3-4-6-16(15)13-24/h3-8,14H,2,9-13H2,1H3,(H,21,26). The third-order valence-electron chi connectivity index (χ3n) is 4.74. The zero-order chi connectivity index (χ0) is 18.6. The summed E-state index contributed by atoms with van der Waals surface area (Å²) in [5.74, 6) is 0.329. The molecule has 7 nitrogen and oxygen atoms in total. The van der Waals surface area contributed by atoms with Gasteiger partial charge in [-0.05, 0) is 30.5 Å². The molecule has 1 N–H and O–H groups in total. The number of imidazole rings is 1. The van der Waals surface area contributed by atoms with Gasteiger partial charge in [-0.2, -0.15) is 0 Å². The molecule has 0 bridgehead atoms. The molecule has 27 heavy (non-hydrogen) atoms. The monoisotopic (exact) mass is 365 g/mol. The van der Waals surface area contributed by atoms with E-state index in [2.05, 4.69) is 44.6 Å². The van der Waals surface area contributed by atoms with Crippen LogP contribution in [0.1, 0.15) is 28.5 Å². The normalized spacial score (nSPS) is 14.1. The molecule has 0 saturated heterocycles. The van der Waals surface area contributed by atoms with Crippen molar-refractivity contribution in [3.63, 3.8) is 0 Å². The molecule has 0 radical (unpaired) electrons. The van der Waals surface area contributed by atoms with Crippen LogP contribution < -0.4 is 10.1 Å². The Labute approximate surface area is 158 Å². The van der Waals surface area contributed by atoms with E-state index in [4.69, 9.17) is 4.74 Å². The lowest BCUT2D eigenvalue weighted by Gasteiger charge is -2.28. The fourth-order valence-electron chi connectivity index (χ4n) is 3.36. The zero-order valence-electron chi connectivity index (χ0n) is 15.4. The number of benzene rings is 1. The number of hydrogen-bond donors (Lipinski definition) is 1. The van der Waals surface area contributed by atoms with Gasteiger partial charge in [0.1, 0.15) is 5.69 Å². The summed E-state index contributed by atoms with van der Waals surface area (Å²) in [6.07, 6.45) is 2.69. The van der Waals surface area contributed by atoms with E-state index in [-0.39, 0.29) is 5.91 Å². The number of nitrogens with zero attached hydrogens (tertiary/aromatic N) is 4. The predicted molar refractivity (Wildman–Crippen MR) is 102 cm³/mol. The summed E-state index contributed by atoms with van der Waals surface area (Å²) < 4.78 is 6.95. The Hall–Kier alpha value is -2.93. The first kappa shape index (κ1) is 17.5. The minimum atomic E-state index is -0.184. The molecule has 0 saturated carbocycles. The van der Waals surface area contributed by atoms with Gasteiger partial charge in [0.25, 0.3) is 5.91 Å². The van der Waals surface area contributed by atoms with Crippen LogP contribution in [0.5, 0.6) is 5.88 Å². The van der Waals surface area contributed by atoms with Crippen molar-refractivity contribution in [3.8, 4) is 5.88 Å². The molecule has 0 aliphatic carbocycles. The molecule has 0 unspecified atom stereocenters. The Kier molecular flexibility index (Phi) is 5.02. The molecule has 0 fully saturated rings. The van der Waals surface area contributed by atoms with Gasteiger partial charge in [0.05, 0.1) is 12.8 Å². The van der Waals surface area contributed by atoms with Gasteiger partial charge in [-0.15, -0.1) is 5.10 Å². The van der Waals surface area contributed by atoms with Crippen LogP contribution in [0.4, 0.5) is 0 Å². The van der Waals surface area contributed by atoms with Gasteiger partial charge >= 0.3 is 0 Å². The van der Waals surface area contributed by atoms with Crippen molar-refractivity contribution >= 4 is 11.6 Å². The van der Waals surface area contributed by atoms with Crippen LogP contribution in [-0.2, 0) is 13.0 Å². The van der Waals surface area contributed by atoms with Crippen LogP contribution in [0.15, 0.2) is 42.6 Å². The topological polar surface area (TPSA) is 71.8 Å². The van der Waals surface area contributed by atoms with Crippen LogP contribution in [0.3, 0.4) is 0 Å². The van der Waals surface area contributed by atoms with Gasteiger partial charge in [0.15, 0.2) is 5.65 Å². The second-order valence-electron chi connectivity index (χ2n) is 6.58. The fourth-order valence-corrected chi connectivity index (χ4v) is 3.36. The molecule has 3 heterocycles. The Morgan fingerprint density at radius 2 is 2.07 bits per heavy atom. The van der Waals surface area contributed by atoms with Gasteiger partial charge in [0.2, 0.25) is 5.88 Å². The van der Waals surface area contributed by atoms with Crippen molar-refractivity contribution < 1.29 is 9.53 Å². The minimum absolute atomic E-state index is 0.184. The minimum Gasteiger partial charge on any atom is -0.477 e. The fraction of sp³-hybridized carbons (Fsp3) is 0.350. The summed E-state index contributed by atoms with van der Waals surface area (Å²) in [6, 6.07) is 12.1. The van der Waals surface area contributed by atoms with Gasteiger partial charge in [-0.3, -0.25) is 9.69 Å². The number of carbonyl (C=O) groups excluding carboxylic acids is 1. The summed E-state index contributed by atoms with van der Waals surface area (Å²) in [5, 5.41) is 7.24. The highest BCUT2D eigenvalue weighted by Gasteiger charge is 2.16. The Morgan fingerprint density at radius 3 is 2.93 bits per heavy atom. The van der Waals surface area contributed by atoms with E-state index in [1.165, 1.54) is 11.1 Å². The first-order chi connectivity index (χ1) is 13.2. The lowest BCUT2D eigenvalue weighted by Crippen LogP contribution is -2.37. The quantitative estimate of drug-likeness (QED) is 0.723. The van der Waals surface area contributed by atoms with E-state index < -0.39 is 0 Å². The SMILES string of the molecule is CCOc1ccc2nc(C(=O)NCCN3CCc4ccccc4C3)cn2n1. The molecule has 1 aliphatic heterocycles. The smallest absolute Gasteiger partial charge is 0.271 e. The van der Waals surface area contributed by atoms with E-state index in [9.17, 15) is 4.79 Å². The molecule has 2 aromatic heterocycles. The third-order valence-corrected chi connectivity index (χ3v) is 4.74. The maximum Gasteiger partial charge on any atom is 0.271 e. The molecule has 140 valence electrons. The highest BCUT2D eigenvalue weighted by Crippen LogP contribution is 2.17. The van der Waals surface area contributed by atoms with Gasteiger partial charge in [-0.1, -0.05) is 24.3 Å². The average Bonchev–Trinajstić information content (AvgIpc) is 3.12.